The van der Waals surface area contributed by atoms with Gasteiger partial charge in [-0.15, -0.1) is 0 Å². The first-order valence-corrected chi connectivity index (χ1v) is 7.95. The molecule has 0 aliphatic rings. The van der Waals surface area contributed by atoms with Gasteiger partial charge in [-0.1, -0.05) is 44.0 Å². The third-order valence-corrected chi connectivity index (χ3v) is 4.08. The molecule has 0 radical (unpaired) electrons. The standard InChI is InChI=1S/C14H20Br2O/c1-11(2)17-8-7-13(10-15)9-12-3-5-14(16)6-4-12/h3-6,11,13H,7-10H2,1-2H3. The van der Waals surface area contributed by atoms with Gasteiger partial charge in [0, 0.05) is 16.4 Å². The van der Waals surface area contributed by atoms with Gasteiger partial charge >= 0.3 is 0 Å². The van der Waals surface area contributed by atoms with Crippen LogP contribution >= 0.6 is 31.9 Å². The maximum atomic E-state index is 5.60. The Morgan fingerprint density at radius 3 is 2.35 bits per heavy atom. The summed E-state index contributed by atoms with van der Waals surface area (Å²) in [5.41, 5.74) is 1.39. The van der Waals surface area contributed by atoms with Crippen LogP contribution in [0.5, 0.6) is 0 Å². The summed E-state index contributed by atoms with van der Waals surface area (Å²) in [5, 5.41) is 1.03. The molecule has 0 aliphatic carbocycles. The fourth-order valence-electron chi connectivity index (χ4n) is 1.66. The Hall–Kier alpha value is 0.140. The van der Waals surface area contributed by atoms with Crippen LogP contribution in [-0.4, -0.2) is 18.0 Å². The van der Waals surface area contributed by atoms with Crippen molar-refractivity contribution in [2.75, 3.05) is 11.9 Å². The van der Waals surface area contributed by atoms with Gasteiger partial charge in [0.2, 0.25) is 0 Å². The van der Waals surface area contributed by atoms with Crippen molar-refractivity contribution in [3.8, 4) is 0 Å². The summed E-state index contributed by atoms with van der Waals surface area (Å²) < 4.78 is 6.74. The highest BCUT2D eigenvalue weighted by Gasteiger charge is 2.09. The van der Waals surface area contributed by atoms with Crippen LogP contribution < -0.4 is 0 Å². The van der Waals surface area contributed by atoms with E-state index in [-0.39, 0.29) is 0 Å². The van der Waals surface area contributed by atoms with Gasteiger partial charge in [-0.05, 0) is 50.3 Å². The number of benzene rings is 1. The number of hydrogen-bond acceptors (Lipinski definition) is 1. The highest BCUT2D eigenvalue weighted by molar-refractivity contribution is 9.10. The molecule has 0 saturated carbocycles. The Bertz CT molecular complexity index is 309. The van der Waals surface area contributed by atoms with Crippen LogP contribution in [0.2, 0.25) is 0 Å². The van der Waals surface area contributed by atoms with Crippen molar-refractivity contribution in [3.63, 3.8) is 0 Å². The summed E-state index contributed by atoms with van der Waals surface area (Å²) in [6, 6.07) is 8.57. The smallest absolute Gasteiger partial charge is 0.0518 e. The normalized spacial score (nSPS) is 13.0. The first kappa shape index (κ1) is 15.2. The van der Waals surface area contributed by atoms with E-state index >= 15 is 0 Å². The Balaban J connectivity index is 2.38. The zero-order chi connectivity index (χ0) is 12.7. The molecule has 0 N–H and O–H groups in total. The summed E-state index contributed by atoms with van der Waals surface area (Å²) in [4.78, 5) is 0. The highest BCUT2D eigenvalue weighted by Crippen LogP contribution is 2.17. The minimum Gasteiger partial charge on any atom is -0.379 e. The molecule has 1 atom stereocenters. The van der Waals surface area contributed by atoms with Crippen LogP contribution in [0.3, 0.4) is 0 Å². The summed E-state index contributed by atoms with van der Waals surface area (Å²) in [6.45, 7) is 5.01. The Labute approximate surface area is 121 Å². The molecule has 1 rings (SSSR count). The van der Waals surface area contributed by atoms with Gasteiger partial charge in [-0.3, -0.25) is 0 Å². The second-order valence-electron chi connectivity index (χ2n) is 4.56. The Kier molecular flexibility index (Phi) is 7.40. The molecule has 0 bridgehead atoms. The summed E-state index contributed by atoms with van der Waals surface area (Å²) >= 11 is 7.05. The van der Waals surface area contributed by atoms with Gasteiger partial charge in [0.05, 0.1) is 6.10 Å². The molecular weight excluding hydrogens is 344 g/mol. The monoisotopic (exact) mass is 362 g/mol. The molecule has 0 fully saturated rings. The lowest BCUT2D eigenvalue weighted by Crippen LogP contribution is -2.12. The van der Waals surface area contributed by atoms with E-state index in [1.165, 1.54) is 5.56 Å². The third kappa shape index (κ3) is 6.58. The first-order chi connectivity index (χ1) is 8.11. The fourth-order valence-corrected chi connectivity index (χ4v) is 2.47. The fraction of sp³-hybridized carbons (Fsp3) is 0.571. The van der Waals surface area contributed by atoms with Crippen LogP contribution in [0.25, 0.3) is 0 Å². The molecule has 0 amide bonds. The predicted molar refractivity (Wildman–Crippen MR) is 80.8 cm³/mol. The minimum atomic E-state index is 0.332. The summed E-state index contributed by atoms with van der Waals surface area (Å²) in [7, 11) is 0. The quantitative estimate of drug-likeness (QED) is 0.631. The van der Waals surface area contributed by atoms with E-state index in [2.05, 4.69) is 70.0 Å². The number of halogens is 2. The van der Waals surface area contributed by atoms with Gasteiger partial charge in [0.25, 0.3) is 0 Å². The van der Waals surface area contributed by atoms with Crippen LogP contribution in [0.15, 0.2) is 28.7 Å². The lowest BCUT2D eigenvalue weighted by molar-refractivity contribution is 0.0701. The zero-order valence-corrected chi connectivity index (χ0v) is 13.6. The molecule has 0 aliphatic heterocycles. The van der Waals surface area contributed by atoms with Crippen LogP contribution in [-0.2, 0) is 11.2 Å². The van der Waals surface area contributed by atoms with Crippen molar-refractivity contribution in [2.24, 2.45) is 5.92 Å². The average molecular weight is 364 g/mol. The van der Waals surface area contributed by atoms with Crippen LogP contribution in [0.4, 0.5) is 0 Å². The van der Waals surface area contributed by atoms with Crippen LogP contribution in [0.1, 0.15) is 25.8 Å². The van der Waals surface area contributed by atoms with Gasteiger partial charge in [0.1, 0.15) is 0 Å². The highest BCUT2D eigenvalue weighted by atomic mass is 79.9. The molecule has 3 heteroatoms. The Morgan fingerprint density at radius 2 is 1.82 bits per heavy atom. The van der Waals surface area contributed by atoms with E-state index in [1.54, 1.807) is 0 Å². The van der Waals surface area contributed by atoms with E-state index in [0.717, 1.165) is 29.3 Å². The lowest BCUT2D eigenvalue weighted by Gasteiger charge is -2.15. The molecule has 96 valence electrons. The van der Waals surface area contributed by atoms with Gasteiger partial charge < -0.3 is 4.74 Å². The summed E-state index contributed by atoms with van der Waals surface area (Å²) in [6.07, 6.45) is 2.55. The number of ether oxygens (including phenoxy) is 1. The van der Waals surface area contributed by atoms with Gasteiger partial charge in [-0.25, -0.2) is 0 Å². The zero-order valence-electron chi connectivity index (χ0n) is 10.5. The van der Waals surface area contributed by atoms with Crippen molar-refractivity contribution < 1.29 is 4.74 Å². The molecule has 0 spiro atoms. The van der Waals surface area contributed by atoms with Crippen molar-refractivity contribution >= 4 is 31.9 Å². The molecule has 0 heterocycles. The topological polar surface area (TPSA) is 9.23 Å². The minimum absolute atomic E-state index is 0.332. The van der Waals surface area contributed by atoms with Crippen molar-refractivity contribution in [1.82, 2.24) is 0 Å². The molecule has 0 saturated heterocycles. The Morgan fingerprint density at radius 1 is 1.18 bits per heavy atom. The number of hydrogen-bond donors (Lipinski definition) is 0. The van der Waals surface area contributed by atoms with Gasteiger partial charge in [-0.2, -0.15) is 0 Å². The molecular formula is C14H20Br2O. The maximum Gasteiger partial charge on any atom is 0.0518 e. The maximum absolute atomic E-state index is 5.60. The number of rotatable bonds is 7. The summed E-state index contributed by atoms with van der Waals surface area (Å²) in [5.74, 6) is 0.648. The van der Waals surface area contributed by atoms with E-state index < -0.39 is 0 Å². The second-order valence-corrected chi connectivity index (χ2v) is 6.12. The molecule has 1 aromatic carbocycles. The number of alkyl halides is 1. The SMILES string of the molecule is CC(C)OCCC(CBr)Cc1ccc(Br)cc1. The van der Waals surface area contributed by atoms with E-state index in [0.29, 0.717) is 12.0 Å². The largest absolute Gasteiger partial charge is 0.379 e. The predicted octanol–water partition coefficient (Wildman–Crippen LogP) is 4.82. The lowest BCUT2D eigenvalue weighted by atomic mass is 9.98. The van der Waals surface area contributed by atoms with Crippen LogP contribution in [0, 0.1) is 5.92 Å². The van der Waals surface area contributed by atoms with E-state index in [1.807, 2.05) is 0 Å². The molecule has 1 nitrogen and oxygen atoms in total. The molecule has 17 heavy (non-hydrogen) atoms. The van der Waals surface area contributed by atoms with Gasteiger partial charge in [0.15, 0.2) is 0 Å². The molecule has 1 aromatic rings. The van der Waals surface area contributed by atoms with Crippen molar-refractivity contribution in [2.45, 2.75) is 32.8 Å². The molecule has 0 aromatic heterocycles. The second kappa shape index (κ2) is 8.28. The van der Waals surface area contributed by atoms with Crippen molar-refractivity contribution in [3.05, 3.63) is 34.3 Å². The third-order valence-electron chi connectivity index (χ3n) is 2.63. The first-order valence-electron chi connectivity index (χ1n) is 6.03. The van der Waals surface area contributed by atoms with Crippen molar-refractivity contribution in [1.29, 1.82) is 0 Å². The van der Waals surface area contributed by atoms with E-state index in [9.17, 15) is 0 Å². The average Bonchev–Trinajstić information content (AvgIpc) is 2.30. The molecule has 1 unspecified atom stereocenters. The van der Waals surface area contributed by atoms with E-state index in [4.69, 9.17) is 4.74 Å².